The van der Waals surface area contributed by atoms with Crippen molar-refractivity contribution in [3.8, 4) is 0 Å². The van der Waals surface area contributed by atoms with Crippen LogP contribution in [0.2, 0.25) is 0 Å². The fourth-order valence-corrected chi connectivity index (χ4v) is 2.82. The third-order valence-electron chi connectivity index (χ3n) is 2.97. The smallest absolute Gasteiger partial charge is 0.245 e. The molecule has 0 radical (unpaired) electrons. The highest BCUT2D eigenvalue weighted by Gasteiger charge is 2.18. The van der Waals surface area contributed by atoms with Crippen molar-refractivity contribution in [3.63, 3.8) is 0 Å². The lowest BCUT2D eigenvalue weighted by Crippen LogP contribution is -2.48. The molecule has 0 heterocycles. The molecule has 1 atom stereocenters. The summed E-state index contributed by atoms with van der Waals surface area (Å²) in [5.41, 5.74) is 1.86. The monoisotopic (exact) mass is 369 g/mol. The third-order valence-corrected chi connectivity index (χ3v) is 4.08. The first kappa shape index (κ1) is 20.4. The van der Waals surface area contributed by atoms with Crippen molar-refractivity contribution in [1.82, 2.24) is 10.6 Å². The predicted molar refractivity (Wildman–Crippen MR) is 102 cm³/mol. The van der Waals surface area contributed by atoms with Crippen LogP contribution in [0.3, 0.4) is 0 Å². The molecule has 1 aromatic rings. The second kappa shape index (κ2) is 11.0. The normalized spacial score (nSPS) is 11.5. The molecule has 0 unspecified atom stereocenters. The fraction of sp³-hybridized carbons (Fsp3) is 0.438. The predicted octanol–water partition coefficient (Wildman–Crippen LogP) is 1.90. The van der Waals surface area contributed by atoms with E-state index in [0.717, 1.165) is 21.3 Å². The quantitative estimate of drug-likeness (QED) is 0.608. The number of amides is 2. The Kier molecular flexibility index (Phi) is 9.36. The van der Waals surface area contributed by atoms with Crippen LogP contribution in [0.5, 0.6) is 0 Å². The van der Waals surface area contributed by atoms with Gasteiger partial charge in [0, 0.05) is 26.3 Å². The standard InChI is InChI=1S/C16H23N3O3S2/c1-4-24-16(23)19-13-7-5-12(6-8-13)9-17-15(21)14(10-22-3)18-11(2)20/h5-8,14H,4,9-10H2,1-3H3,(H,17,21)(H,18,20)(H,19,23)/t14-/m1/s1. The van der Waals surface area contributed by atoms with Crippen LogP contribution < -0.4 is 16.0 Å². The van der Waals surface area contributed by atoms with E-state index in [1.807, 2.05) is 31.2 Å². The minimum absolute atomic E-state index is 0.126. The largest absolute Gasteiger partial charge is 0.382 e. The van der Waals surface area contributed by atoms with E-state index in [1.165, 1.54) is 14.0 Å². The third kappa shape index (κ3) is 7.76. The number of rotatable bonds is 8. The molecular formula is C16H23N3O3S2. The van der Waals surface area contributed by atoms with Crippen molar-refractivity contribution in [2.45, 2.75) is 26.4 Å². The van der Waals surface area contributed by atoms with Crippen molar-refractivity contribution in [2.24, 2.45) is 0 Å². The maximum Gasteiger partial charge on any atom is 0.245 e. The summed E-state index contributed by atoms with van der Waals surface area (Å²) >= 11 is 6.76. The Balaban J connectivity index is 2.52. The number of hydrogen-bond acceptors (Lipinski definition) is 5. The van der Waals surface area contributed by atoms with Gasteiger partial charge in [-0.25, -0.2) is 0 Å². The Bertz CT molecular complexity index is 564. The second-order valence-corrected chi connectivity index (χ2v) is 6.91. The molecule has 0 aliphatic carbocycles. The molecular weight excluding hydrogens is 346 g/mol. The summed E-state index contributed by atoms with van der Waals surface area (Å²) < 4.78 is 5.69. The molecule has 8 heteroatoms. The number of thioether (sulfide) groups is 1. The second-order valence-electron chi connectivity index (χ2n) is 4.97. The number of methoxy groups -OCH3 is 1. The summed E-state index contributed by atoms with van der Waals surface area (Å²) in [6.45, 7) is 3.90. The van der Waals surface area contributed by atoms with Crippen LogP contribution in [0.25, 0.3) is 0 Å². The number of carbonyl (C=O) groups is 2. The van der Waals surface area contributed by atoms with Gasteiger partial charge in [-0.2, -0.15) is 0 Å². The SMILES string of the molecule is CCSC(=S)Nc1ccc(CNC(=O)[C@@H](COC)NC(C)=O)cc1. The van der Waals surface area contributed by atoms with Gasteiger partial charge in [-0.15, -0.1) is 0 Å². The van der Waals surface area contributed by atoms with Gasteiger partial charge in [0.1, 0.15) is 10.4 Å². The first-order valence-electron chi connectivity index (χ1n) is 7.52. The van der Waals surface area contributed by atoms with Crippen LogP contribution in [-0.4, -0.2) is 41.6 Å². The molecule has 1 rings (SSSR count). The van der Waals surface area contributed by atoms with Crippen molar-refractivity contribution >= 4 is 45.8 Å². The average molecular weight is 370 g/mol. The van der Waals surface area contributed by atoms with Gasteiger partial charge in [0.15, 0.2) is 0 Å². The Morgan fingerprint density at radius 3 is 2.50 bits per heavy atom. The van der Waals surface area contributed by atoms with Gasteiger partial charge in [-0.1, -0.05) is 43.0 Å². The van der Waals surface area contributed by atoms with Gasteiger partial charge >= 0.3 is 0 Å². The summed E-state index contributed by atoms with van der Waals surface area (Å²) in [5, 5.41) is 8.48. The first-order valence-corrected chi connectivity index (χ1v) is 8.92. The number of carbonyl (C=O) groups excluding carboxylic acids is 2. The molecule has 0 aliphatic rings. The molecule has 0 spiro atoms. The lowest BCUT2D eigenvalue weighted by Gasteiger charge is -2.16. The van der Waals surface area contributed by atoms with Crippen LogP contribution >= 0.6 is 24.0 Å². The molecule has 132 valence electrons. The van der Waals surface area contributed by atoms with E-state index < -0.39 is 6.04 Å². The van der Waals surface area contributed by atoms with Crippen molar-refractivity contribution in [1.29, 1.82) is 0 Å². The summed E-state index contributed by atoms with van der Waals surface area (Å²) in [6, 6.07) is 6.93. The van der Waals surface area contributed by atoms with E-state index in [2.05, 4.69) is 16.0 Å². The summed E-state index contributed by atoms with van der Waals surface area (Å²) in [7, 11) is 1.48. The van der Waals surface area contributed by atoms with Crippen LogP contribution in [0, 0.1) is 0 Å². The molecule has 6 nitrogen and oxygen atoms in total. The van der Waals surface area contributed by atoms with Crippen molar-refractivity contribution in [3.05, 3.63) is 29.8 Å². The van der Waals surface area contributed by atoms with Crippen molar-refractivity contribution in [2.75, 3.05) is 24.8 Å². The molecule has 0 aromatic heterocycles. The highest BCUT2D eigenvalue weighted by Crippen LogP contribution is 2.13. The maximum absolute atomic E-state index is 12.1. The molecule has 0 saturated carbocycles. The molecule has 0 bridgehead atoms. The number of thiocarbonyl (C=S) groups is 1. The van der Waals surface area contributed by atoms with Crippen LogP contribution in [-0.2, 0) is 20.9 Å². The van der Waals surface area contributed by atoms with E-state index in [4.69, 9.17) is 17.0 Å². The van der Waals surface area contributed by atoms with Crippen LogP contribution in [0.4, 0.5) is 5.69 Å². The zero-order chi connectivity index (χ0) is 17.9. The summed E-state index contributed by atoms with van der Waals surface area (Å²) in [5.74, 6) is 0.366. The number of nitrogens with one attached hydrogen (secondary N) is 3. The zero-order valence-electron chi connectivity index (χ0n) is 14.0. The molecule has 0 aliphatic heterocycles. The number of anilines is 1. The average Bonchev–Trinajstić information content (AvgIpc) is 2.53. The molecule has 2 amide bonds. The van der Waals surface area contributed by atoms with Crippen LogP contribution in [0.1, 0.15) is 19.4 Å². The van der Waals surface area contributed by atoms with Gasteiger partial charge in [-0.3, -0.25) is 9.59 Å². The lowest BCUT2D eigenvalue weighted by atomic mass is 10.2. The van der Waals surface area contributed by atoms with Gasteiger partial charge in [-0.05, 0) is 23.4 Å². The number of ether oxygens (including phenoxy) is 1. The summed E-state index contributed by atoms with van der Waals surface area (Å²) in [4.78, 5) is 23.2. The maximum atomic E-state index is 12.1. The van der Waals surface area contributed by atoms with Gasteiger partial charge in [0.2, 0.25) is 11.8 Å². The minimum Gasteiger partial charge on any atom is -0.382 e. The Labute approximate surface area is 152 Å². The van der Waals surface area contributed by atoms with E-state index >= 15 is 0 Å². The topological polar surface area (TPSA) is 79.5 Å². The molecule has 0 fully saturated rings. The van der Waals surface area contributed by atoms with Crippen LogP contribution in [0.15, 0.2) is 24.3 Å². The van der Waals surface area contributed by atoms with E-state index in [1.54, 1.807) is 11.8 Å². The Hall–Kier alpha value is -1.64. The van der Waals surface area contributed by atoms with Crippen molar-refractivity contribution < 1.29 is 14.3 Å². The van der Waals surface area contributed by atoms with Gasteiger partial charge in [0.05, 0.1) is 6.61 Å². The molecule has 1 aromatic carbocycles. The van der Waals surface area contributed by atoms with E-state index in [-0.39, 0.29) is 18.4 Å². The molecule has 24 heavy (non-hydrogen) atoms. The first-order chi connectivity index (χ1) is 11.5. The minimum atomic E-state index is -0.697. The fourth-order valence-electron chi connectivity index (χ4n) is 1.90. The Morgan fingerprint density at radius 2 is 1.96 bits per heavy atom. The number of hydrogen-bond donors (Lipinski definition) is 3. The number of benzene rings is 1. The summed E-state index contributed by atoms with van der Waals surface area (Å²) in [6.07, 6.45) is 0. The Morgan fingerprint density at radius 1 is 1.29 bits per heavy atom. The van der Waals surface area contributed by atoms with E-state index in [9.17, 15) is 9.59 Å². The molecule has 3 N–H and O–H groups in total. The lowest BCUT2D eigenvalue weighted by molar-refractivity contribution is -0.129. The van der Waals surface area contributed by atoms with E-state index in [0.29, 0.717) is 6.54 Å². The highest BCUT2D eigenvalue weighted by atomic mass is 32.2. The zero-order valence-corrected chi connectivity index (χ0v) is 15.7. The highest BCUT2D eigenvalue weighted by molar-refractivity contribution is 8.23. The molecule has 0 saturated heterocycles. The van der Waals surface area contributed by atoms with Gasteiger partial charge in [0.25, 0.3) is 0 Å². The van der Waals surface area contributed by atoms with Gasteiger partial charge < -0.3 is 20.7 Å².